The molecule has 0 heterocycles. The van der Waals surface area contributed by atoms with E-state index in [1.54, 1.807) is 0 Å². The van der Waals surface area contributed by atoms with E-state index >= 15 is 0 Å². The molecule has 0 aromatic rings. The predicted octanol–water partition coefficient (Wildman–Crippen LogP) is 7.09. The van der Waals surface area contributed by atoms with Crippen LogP contribution in [0.4, 0.5) is 0 Å². The van der Waals surface area contributed by atoms with Gasteiger partial charge >= 0.3 is 60.8 Å². The topological polar surface area (TPSA) is 74.6 Å². The Morgan fingerprint density at radius 2 is 0.821 bits per heavy atom. The van der Waals surface area contributed by atoms with E-state index in [0.717, 1.165) is 12.8 Å². The zero-order valence-corrected chi connectivity index (χ0v) is 23.3. The Morgan fingerprint density at radius 3 is 1.00 bits per heavy atom. The zero-order chi connectivity index (χ0) is 21.2. The molecule has 4 nitrogen and oxygen atoms in total. The number of carboxylic acid groups (broad SMARTS) is 2. The van der Waals surface area contributed by atoms with Crippen LogP contribution >= 0.6 is 0 Å². The molecule has 0 bridgehead atoms. The molecule has 0 aliphatic rings. The molecule has 0 aromatic heterocycles. The van der Waals surface area contributed by atoms with Crippen LogP contribution in [0.3, 0.4) is 0 Å². The van der Waals surface area contributed by atoms with Gasteiger partial charge in [0.15, 0.2) is 0 Å². The average molecular weight is 524 g/mol. The molecule has 0 amide bonds. The third-order valence-corrected chi connectivity index (χ3v) is 4.01. The van der Waals surface area contributed by atoms with Crippen molar-refractivity contribution in [2.45, 2.75) is 123 Å². The number of unbranched alkanes of at least 4 members (excludes halogenated alkanes) is 14. The Labute approximate surface area is 215 Å². The second-order valence-electron chi connectivity index (χ2n) is 6.91. The normalized spacial score (nSPS) is 9.29. The molecular formula is C23H46BaO4. The van der Waals surface area contributed by atoms with E-state index in [1.165, 1.54) is 89.9 Å². The van der Waals surface area contributed by atoms with E-state index in [9.17, 15) is 9.59 Å². The molecule has 5 heteroatoms. The number of hydrogen-bond acceptors (Lipinski definition) is 2. The van der Waals surface area contributed by atoms with Gasteiger partial charge in [0.1, 0.15) is 6.42 Å². The summed E-state index contributed by atoms with van der Waals surface area (Å²) in [7, 11) is 0. The van der Waals surface area contributed by atoms with Gasteiger partial charge in [0, 0.05) is 0 Å². The molecule has 164 valence electrons. The van der Waals surface area contributed by atoms with Gasteiger partial charge in [-0.15, -0.1) is 0 Å². The van der Waals surface area contributed by atoms with Gasteiger partial charge in [-0.05, 0) is 0 Å². The fourth-order valence-corrected chi connectivity index (χ4v) is 2.40. The minimum Gasteiger partial charge on any atom is -0.481 e. The summed E-state index contributed by atoms with van der Waals surface area (Å²) in [5.41, 5.74) is 0. The summed E-state index contributed by atoms with van der Waals surface area (Å²) in [6.07, 6.45) is 21.0. The maximum Gasteiger partial charge on any atom is 2.00 e. The SMILES string of the molecule is O=C(O)CC(=O)O.[Ba+2].[CH2-]CCCCCCCCC.[CH2-]CCCCCCCCC. The van der Waals surface area contributed by atoms with Gasteiger partial charge in [0.05, 0.1) is 0 Å². The number of carbonyl (C=O) groups is 2. The zero-order valence-electron chi connectivity index (χ0n) is 18.9. The van der Waals surface area contributed by atoms with Crippen molar-refractivity contribution in [1.29, 1.82) is 0 Å². The van der Waals surface area contributed by atoms with Crippen LogP contribution in [0.25, 0.3) is 0 Å². The number of carboxylic acids is 2. The van der Waals surface area contributed by atoms with Crippen molar-refractivity contribution < 1.29 is 19.8 Å². The predicted molar refractivity (Wildman–Crippen MR) is 122 cm³/mol. The van der Waals surface area contributed by atoms with E-state index in [4.69, 9.17) is 10.2 Å². The third-order valence-electron chi connectivity index (χ3n) is 4.01. The molecule has 0 rings (SSSR count). The van der Waals surface area contributed by atoms with Gasteiger partial charge < -0.3 is 24.1 Å². The van der Waals surface area contributed by atoms with Gasteiger partial charge in [-0.25, -0.2) is 0 Å². The molecule has 28 heavy (non-hydrogen) atoms. The van der Waals surface area contributed by atoms with Gasteiger partial charge in [0.25, 0.3) is 0 Å². The Bertz CT molecular complexity index is 252. The molecule has 0 spiro atoms. The first kappa shape index (κ1) is 35.9. The van der Waals surface area contributed by atoms with Crippen molar-refractivity contribution in [1.82, 2.24) is 0 Å². The van der Waals surface area contributed by atoms with Crippen LogP contribution in [-0.2, 0) is 9.59 Å². The monoisotopic (exact) mass is 524 g/mol. The summed E-state index contributed by atoms with van der Waals surface area (Å²) in [6.45, 7) is 12.2. The summed E-state index contributed by atoms with van der Waals surface area (Å²) in [4.78, 5) is 18.9. The summed E-state index contributed by atoms with van der Waals surface area (Å²) in [5, 5.41) is 15.4. The molecule has 0 aromatic carbocycles. The minimum atomic E-state index is -1.31. The summed E-state index contributed by atoms with van der Waals surface area (Å²) in [6, 6.07) is 0. The number of rotatable bonds is 16. The van der Waals surface area contributed by atoms with Crippen molar-refractivity contribution in [3.8, 4) is 0 Å². The molecule has 0 aliphatic heterocycles. The maximum absolute atomic E-state index is 9.43. The van der Waals surface area contributed by atoms with Crippen molar-refractivity contribution in [2.75, 3.05) is 0 Å². The second kappa shape index (κ2) is 35.0. The Balaban J connectivity index is -0.000000154. The molecule has 0 radical (unpaired) electrons. The second-order valence-corrected chi connectivity index (χ2v) is 6.91. The Morgan fingerprint density at radius 1 is 0.571 bits per heavy atom. The molecule has 0 saturated carbocycles. The van der Waals surface area contributed by atoms with Crippen LogP contribution < -0.4 is 0 Å². The van der Waals surface area contributed by atoms with E-state index < -0.39 is 18.4 Å². The van der Waals surface area contributed by atoms with Gasteiger partial charge in [-0.1, -0.05) is 104 Å². The van der Waals surface area contributed by atoms with E-state index in [0.29, 0.717) is 0 Å². The summed E-state index contributed by atoms with van der Waals surface area (Å²) < 4.78 is 0. The van der Waals surface area contributed by atoms with Crippen LogP contribution in [0.15, 0.2) is 0 Å². The maximum atomic E-state index is 9.43. The van der Waals surface area contributed by atoms with Gasteiger partial charge in [-0.2, -0.15) is 12.8 Å². The average Bonchev–Trinajstić information content (AvgIpc) is 2.61. The molecular weight excluding hydrogens is 478 g/mol. The Hall–Kier alpha value is 0.511. The number of hydrogen-bond donors (Lipinski definition) is 2. The fourth-order valence-electron chi connectivity index (χ4n) is 2.40. The van der Waals surface area contributed by atoms with Crippen LogP contribution in [0.1, 0.15) is 123 Å². The molecule has 0 aliphatic carbocycles. The van der Waals surface area contributed by atoms with Gasteiger partial charge in [-0.3, -0.25) is 9.59 Å². The van der Waals surface area contributed by atoms with Crippen molar-refractivity contribution >= 4 is 60.8 Å². The van der Waals surface area contributed by atoms with Crippen LogP contribution in [0.2, 0.25) is 0 Å². The number of aliphatic carboxylic acids is 2. The van der Waals surface area contributed by atoms with Gasteiger partial charge in [0.2, 0.25) is 0 Å². The molecule has 0 fully saturated rings. The smallest absolute Gasteiger partial charge is 0.481 e. The third kappa shape index (κ3) is 50.4. The first-order valence-electron chi connectivity index (χ1n) is 11.0. The minimum absolute atomic E-state index is 0. The largest absolute Gasteiger partial charge is 2.00 e. The standard InChI is InChI=1S/2C10H21.C3H4O4.Ba/c2*1-3-5-7-9-10-8-6-4-2;4-2(5)1-3(6)7;/h2*1,3-10H2,2H3;1H2,(H,4,5)(H,6,7);/q2*-1;;+2. The van der Waals surface area contributed by atoms with E-state index in [2.05, 4.69) is 27.7 Å². The van der Waals surface area contributed by atoms with Crippen molar-refractivity contribution in [3.05, 3.63) is 13.8 Å². The molecule has 0 saturated heterocycles. The van der Waals surface area contributed by atoms with E-state index in [-0.39, 0.29) is 48.9 Å². The van der Waals surface area contributed by atoms with E-state index in [1.807, 2.05) is 0 Å². The summed E-state index contributed by atoms with van der Waals surface area (Å²) in [5.74, 6) is -2.62. The van der Waals surface area contributed by atoms with Crippen LogP contribution in [0.5, 0.6) is 0 Å². The summed E-state index contributed by atoms with van der Waals surface area (Å²) >= 11 is 0. The van der Waals surface area contributed by atoms with Crippen molar-refractivity contribution in [2.24, 2.45) is 0 Å². The Kier molecular flexibility index (Phi) is 44.9. The van der Waals surface area contributed by atoms with Crippen LogP contribution in [0, 0.1) is 13.8 Å². The van der Waals surface area contributed by atoms with Crippen LogP contribution in [-0.4, -0.2) is 71.0 Å². The first-order valence-corrected chi connectivity index (χ1v) is 11.0. The first-order chi connectivity index (χ1) is 13.0. The molecule has 2 N–H and O–H groups in total. The quantitative estimate of drug-likeness (QED) is 0.0980. The van der Waals surface area contributed by atoms with Crippen molar-refractivity contribution in [3.63, 3.8) is 0 Å². The fraction of sp³-hybridized carbons (Fsp3) is 0.826. The molecule has 0 atom stereocenters. The molecule has 0 unspecified atom stereocenters.